The SMILES string of the molecule is Cc1ccc(C)c(N2C[C@H](C(=O)N3CCCC3)CC2=O)c1. The third-order valence-corrected chi connectivity index (χ3v) is 4.55. The number of carbonyl (C=O) groups excluding carboxylic acids is 2. The molecule has 2 fully saturated rings. The maximum Gasteiger partial charge on any atom is 0.228 e. The molecule has 1 aromatic carbocycles. The van der Waals surface area contributed by atoms with Crippen molar-refractivity contribution in [3.63, 3.8) is 0 Å². The van der Waals surface area contributed by atoms with Gasteiger partial charge in [-0.25, -0.2) is 0 Å². The predicted octanol–water partition coefficient (Wildman–Crippen LogP) is 2.28. The fourth-order valence-electron chi connectivity index (χ4n) is 3.31. The number of benzene rings is 1. The van der Waals surface area contributed by atoms with E-state index in [-0.39, 0.29) is 17.7 Å². The Kier molecular flexibility index (Phi) is 3.70. The molecule has 2 amide bonds. The second-order valence-corrected chi connectivity index (χ2v) is 6.23. The lowest BCUT2D eigenvalue weighted by Crippen LogP contribution is -2.35. The van der Waals surface area contributed by atoms with Crippen LogP contribution >= 0.6 is 0 Å². The van der Waals surface area contributed by atoms with Crippen molar-refractivity contribution in [3.8, 4) is 0 Å². The molecule has 4 heteroatoms. The van der Waals surface area contributed by atoms with Gasteiger partial charge in [-0.3, -0.25) is 9.59 Å². The minimum Gasteiger partial charge on any atom is -0.342 e. The first-order valence-electron chi connectivity index (χ1n) is 7.72. The molecule has 3 rings (SSSR count). The van der Waals surface area contributed by atoms with E-state index in [1.807, 2.05) is 36.9 Å². The Morgan fingerprint density at radius 1 is 1.19 bits per heavy atom. The molecule has 0 bridgehead atoms. The van der Waals surface area contributed by atoms with Crippen molar-refractivity contribution in [2.75, 3.05) is 24.5 Å². The Balaban J connectivity index is 1.78. The minimum absolute atomic E-state index is 0.0706. The second kappa shape index (κ2) is 5.51. The highest BCUT2D eigenvalue weighted by molar-refractivity contribution is 6.00. The van der Waals surface area contributed by atoms with E-state index in [0.29, 0.717) is 13.0 Å². The van der Waals surface area contributed by atoms with Gasteiger partial charge in [0.2, 0.25) is 11.8 Å². The zero-order valence-electron chi connectivity index (χ0n) is 12.8. The average molecular weight is 286 g/mol. The first kappa shape index (κ1) is 14.1. The summed E-state index contributed by atoms with van der Waals surface area (Å²) in [5.74, 6) is 0.0606. The summed E-state index contributed by atoms with van der Waals surface area (Å²) in [6.07, 6.45) is 2.53. The van der Waals surface area contributed by atoms with Crippen LogP contribution in [0.2, 0.25) is 0 Å². The molecule has 4 nitrogen and oxygen atoms in total. The topological polar surface area (TPSA) is 40.6 Å². The minimum atomic E-state index is -0.171. The largest absolute Gasteiger partial charge is 0.342 e. The molecule has 1 atom stereocenters. The van der Waals surface area contributed by atoms with Crippen molar-refractivity contribution >= 4 is 17.5 Å². The molecule has 0 unspecified atom stereocenters. The molecular formula is C17H22N2O2. The van der Waals surface area contributed by atoms with E-state index in [4.69, 9.17) is 0 Å². The predicted molar refractivity (Wildman–Crippen MR) is 82.2 cm³/mol. The second-order valence-electron chi connectivity index (χ2n) is 6.23. The maximum absolute atomic E-state index is 12.5. The Labute approximate surface area is 125 Å². The highest BCUT2D eigenvalue weighted by Crippen LogP contribution is 2.30. The van der Waals surface area contributed by atoms with Gasteiger partial charge in [-0.2, -0.15) is 0 Å². The molecule has 0 radical (unpaired) electrons. The van der Waals surface area contributed by atoms with Crippen molar-refractivity contribution < 1.29 is 9.59 Å². The average Bonchev–Trinajstić information content (AvgIpc) is 3.10. The zero-order valence-corrected chi connectivity index (χ0v) is 12.8. The number of rotatable bonds is 2. The first-order valence-corrected chi connectivity index (χ1v) is 7.72. The number of likely N-dealkylation sites (tertiary alicyclic amines) is 1. The fourth-order valence-corrected chi connectivity index (χ4v) is 3.31. The van der Waals surface area contributed by atoms with Crippen LogP contribution in [-0.4, -0.2) is 36.3 Å². The van der Waals surface area contributed by atoms with E-state index < -0.39 is 0 Å². The molecule has 2 aliphatic rings. The highest BCUT2D eigenvalue weighted by Gasteiger charge is 2.38. The summed E-state index contributed by atoms with van der Waals surface area (Å²) in [7, 11) is 0. The summed E-state index contributed by atoms with van der Waals surface area (Å²) < 4.78 is 0. The molecule has 1 aromatic rings. The van der Waals surface area contributed by atoms with Crippen molar-refractivity contribution in [2.45, 2.75) is 33.1 Å². The number of nitrogens with zero attached hydrogens (tertiary/aromatic N) is 2. The smallest absolute Gasteiger partial charge is 0.228 e. The monoisotopic (exact) mass is 286 g/mol. The van der Waals surface area contributed by atoms with Crippen LogP contribution in [0, 0.1) is 19.8 Å². The van der Waals surface area contributed by atoms with E-state index in [0.717, 1.165) is 42.7 Å². The van der Waals surface area contributed by atoms with Gasteiger partial charge in [-0.15, -0.1) is 0 Å². The summed E-state index contributed by atoms with van der Waals surface area (Å²) in [6.45, 7) is 6.27. The van der Waals surface area contributed by atoms with Crippen LogP contribution in [0.25, 0.3) is 0 Å². The van der Waals surface area contributed by atoms with E-state index in [9.17, 15) is 9.59 Å². The molecule has 112 valence electrons. The normalized spacial score (nSPS) is 22.2. The molecule has 0 spiro atoms. The van der Waals surface area contributed by atoms with Gasteiger partial charge in [-0.05, 0) is 43.9 Å². The lowest BCUT2D eigenvalue weighted by molar-refractivity contribution is -0.134. The van der Waals surface area contributed by atoms with Crippen LogP contribution in [0.3, 0.4) is 0 Å². The van der Waals surface area contributed by atoms with Gasteiger partial charge in [0.05, 0.1) is 5.92 Å². The maximum atomic E-state index is 12.5. The van der Waals surface area contributed by atoms with Gasteiger partial charge in [0.15, 0.2) is 0 Å². The highest BCUT2D eigenvalue weighted by atomic mass is 16.2. The number of aryl methyl sites for hydroxylation is 2. The number of anilines is 1. The van der Waals surface area contributed by atoms with E-state index >= 15 is 0 Å². The van der Waals surface area contributed by atoms with Crippen molar-refractivity contribution in [1.82, 2.24) is 4.90 Å². The number of hydrogen-bond donors (Lipinski definition) is 0. The first-order chi connectivity index (χ1) is 10.1. The summed E-state index contributed by atoms with van der Waals surface area (Å²) in [5.41, 5.74) is 3.18. The molecule has 2 aliphatic heterocycles. The van der Waals surface area contributed by atoms with Gasteiger partial charge >= 0.3 is 0 Å². The quantitative estimate of drug-likeness (QED) is 0.837. The van der Waals surface area contributed by atoms with Gasteiger partial charge < -0.3 is 9.80 Å². The lowest BCUT2D eigenvalue weighted by atomic mass is 10.1. The van der Waals surface area contributed by atoms with Crippen LogP contribution in [0.4, 0.5) is 5.69 Å². The summed E-state index contributed by atoms with van der Waals surface area (Å²) in [5, 5.41) is 0. The van der Waals surface area contributed by atoms with Crippen molar-refractivity contribution in [3.05, 3.63) is 29.3 Å². The molecule has 0 aromatic heterocycles. The summed E-state index contributed by atoms with van der Waals surface area (Å²) in [4.78, 5) is 28.5. The number of carbonyl (C=O) groups is 2. The van der Waals surface area contributed by atoms with Crippen molar-refractivity contribution in [1.29, 1.82) is 0 Å². The Hall–Kier alpha value is -1.84. The lowest BCUT2D eigenvalue weighted by Gasteiger charge is -2.22. The molecule has 2 heterocycles. The number of amides is 2. The number of hydrogen-bond acceptors (Lipinski definition) is 2. The van der Waals surface area contributed by atoms with E-state index in [2.05, 4.69) is 0 Å². The van der Waals surface area contributed by atoms with E-state index in [1.54, 1.807) is 4.90 Å². The van der Waals surface area contributed by atoms with Gasteiger partial charge in [-0.1, -0.05) is 12.1 Å². The molecule has 21 heavy (non-hydrogen) atoms. The van der Waals surface area contributed by atoms with Crippen LogP contribution < -0.4 is 4.90 Å². The molecule has 0 aliphatic carbocycles. The molecule has 0 N–H and O–H groups in total. The van der Waals surface area contributed by atoms with Crippen LogP contribution in [0.15, 0.2) is 18.2 Å². The van der Waals surface area contributed by atoms with Crippen LogP contribution in [0.5, 0.6) is 0 Å². The van der Waals surface area contributed by atoms with Crippen LogP contribution in [0.1, 0.15) is 30.4 Å². The molecule has 2 saturated heterocycles. The van der Waals surface area contributed by atoms with Crippen molar-refractivity contribution in [2.24, 2.45) is 5.92 Å². The van der Waals surface area contributed by atoms with E-state index in [1.165, 1.54) is 0 Å². The van der Waals surface area contributed by atoms with Crippen LogP contribution in [-0.2, 0) is 9.59 Å². The standard InChI is InChI=1S/C17H22N2O2/c1-12-5-6-13(2)15(9-12)19-11-14(10-16(19)20)17(21)18-7-3-4-8-18/h5-6,9,14H,3-4,7-8,10-11H2,1-2H3/t14-/m1/s1. The molecule has 0 saturated carbocycles. The van der Waals surface area contributed by atoms with Gasteiger partial charge in [0, 0.05) is 31.7 Å². The third kappa shape index (κ3) is 2.67. The summed E-state index contributed by atoms with van der Waals surface area (Å²) >= 11 is 0. The van der Waals surface area contributed by atoms with Gasteiger partial charge in [0.1, 0.15) is 0 Å². The summed E-state index contributed by atoms with van der Waals surface area (Å²) in [6, 6.07) is 6.12. The zero-order chi connectivity index (χ0) is 15.0. The Morgan fingerprint density at radius 3 is 2.62 bits per heavy atom. The fraction of sp³-hybridized carbons (Fsp3) is 0.529. The Morgan fingerprint density at radius 2 is 1.90 bits per heavy atom. The van der Waals surface area contributed by atoms with Gasteiger partial charge in [0.25, 0.3) is 0 Å². The Bertz CT molecular complexity index is 576. The third-order valence-electron chi connectivity index (χ3n) is 4.55. The molecular weight excluding hydrogens is 264 g/mol.